The molecule has 1 aliphatic heterocycles. The number of fused-ring (bicyclic) bond motifs is 1. The Bertz CT molecular complexity index is 965. The highest BCUT2D eigenvalue weighted by Crippen LogP contribution is 2.14. The van der Waals surface area contributed by atoms with E-state index in [9.17, 15) is 9.59 Å². The van der Waals surface area contributed by atoms with E-state index >= 15 is 0 Å². The van der Waals surface area contributed by atoms with Crippen LogP contribution in [0, 0.1) is 0 Å². The molecule has 0 spiro atoms. The van der Waals surface area contributed by atoms with Gasteiger partial charge in [-0.15, -0.1) is 0 Å². The third kappa shape index (κ3) is 4.59. The van der Waals surface area contributed by atoms with E-state index in [1.165, 1.54) is 6.07 Å². The van der Waals surface area contributed by atoms with Gasteiger partial charge >= 0.3 is 11.6 Å². The molecule has 1 fully saturated rings. The first-order valence-electron chi connectivity index (χ1n) is 9.76. The first kappa shape index (κ1) is 20.1. The first-order valence-corrected chi connectivity index (χ1v) is 9.76. The van der Waals surface area contributed by atoms with Gasteiger partial charge in [-0.2, -0.15) is 4.98 Å². The molecular formula is C19H27N5O4. The minimum Gasteiger partial charge on any atom is -0.403 e. The molecule has 152 valence electrons. The van der Waals surface area contributed by atoms with E-state index in [-0.39, 0.29) is 17.1 Å². The molecule has 1 aliphatic rings. The third-order valence-electron chi connectivity index (χ3n) is 4.85. The number of aryl methyl sites for hydroxylation is 1. The fourth-order valence-corrected chi connectivity index (χ4v) is 3.34. The Morgan fingerprint density at radius 3 is 2.86 bits per heavy atom. The zero-order chi connectivity index (χ0) is 20.1. The summed E-state index contributed by atoms with van der Waals surface area (Å²) in [5, 5.41) is 4.53. The fraction of sp³-hybridized carbons (Fsp3) is 0.579. The largest absolute Gasteiger partial charge is 0.403 e. The zero-order valence-corrected chi connectivity index (χ0v) is 16.7. The van der Waals surface area contributed by atoms with Crippen molar-refractivity contribution in [3.05, 3.63) is 32.4 Å². The molecule has 0 unspecified atom stereocenters. The van der Waals surface area contributed by atoms with Crippen LogP contribution in [0.5, 0.6) is 6.01 Å². The van der Waals surface area contributed by atoms with Gasteiger partial charge < -0.3 is 19.1 Å². The molecule has 1 saturated heterocycles. The van der Waals surface area contributed by atoms with Crippen LogP contribution >= 0.6 is 0 Å². The van der Waals surface area contributed by atoms with E-state index in [0.717, 1.165) is 51.3 Å². The topological polar surface area (TPSA) is 104 Å². The molecule has 3 heterocycles. The maximum absolute atomic E-state index is 12.4. The zero-order valence-electron chi connectivity index (χ0n) is 16.7. The van der Waals surface area contributed by atoms with E-state index in [1.807, 2.05) is 6.92 Å². The van der Waals surface area contributed by atoms with Gasteiger partial charge in [0.2, 0.25) is 5.71 Å². The van der Waals surface area contributed by atoms with Crippen LogP contribution in [0.25, 0.3) is 11.1 Å². The van der Waals surface area contributed by atoms with Crippen LogP contribution in [0.1, 0.15) is 38.7 Å². The number of oxime groups is 1. The Hall–Kier alpha value is -2.68. The minimum atomic E-state index is -0.544. The summed E-state index contributed by atoms with van der Waals surface area (Å²) in [4.78, 5) is 40.8. The molecule has 2 aromatic rings. The van der Waals surface area contributed by atoms with Crippen molar-refractivity contribution in [2.24, 2.45) is 5.16 Å². The molecule has 0 radical (unpaired) electrons. The molecule has 0 saturated carbocycles. The molecule has 3 rings (SSSR count). The molecule has 0 atom stereocenters. The number of aromatic amines is 1. The summed E-state index contributed by atoms with van der Waals surface area (Å²) in [6, 6.07) is 1.22. The lowest BCUT2D eigenvalue weighted by Crippen LogP contribution is -2.35. The number of hydrogen-bond acceptors (Lipinski definition) is 7. The second kappa shape index (κ2) is 9.01. The summed E-state index contributed by atoms with van der Waals surface area (Å²) >= 11 is 0. The number of H-pyrrole nitrogens is 1. The highest BCUT2D eigenvalue weighted by Gasteiger charge is 2.17. The molecule has 2 aromatic heterocycles. The van der Waals surface area contributed by atoms with Gasteiger partial charge in [0.1, 0.15) is 11.2 Å². The quantitative estimate of drug-likeness (QED) is 0.470. The van der Waals surface area contributed by atoms with Crippen molar-refractivity contribution in [1.29, 1.82) is 0 Å². The number of nitrogens with one attached hydrogen (secondary N) is 1. The Labute approximate surface area is 163 Å². The third-order valence-corrected chi connectivity index (χ3v) is 4.85. The highest BCUT2D eigenvalue weighted by atomic mass is 16.6. The van der Waals surface area contributed by atoms with Crippen LogP contribution in [0.2, 0.25) is 0 Å². The summed E-state index contributed by atoms with van der Waals surface area (Å²) in [6.07, 6.45) is 3.26. The van der Waals surface area contributed by atoms with Crippen LogP contribution < -0.4 is 16.0 Å². The summed E-state index contributed by atoms with van der Waals surface area (Å²) < 4.78 is 5.09. The minimum absolute atomic E-state index is 0.0354. The van der Waals surface area contributed by atoms with E-state index in [1.54, 1.807) is 0 Å². The number of rotatable bonds is 5. The summed E-state index contributed by atoms with van der Waals surface area (Å²) in [5.41, 5.74) is -0.399. The SMILES string of the molecule is CCC/C(=N\Oc1nc2oc(=O)cc(CC)c2c(=O)[nH]1)N1CCCN(C)CC1. The van der Waals surface area contributed by atoms with Crippen molar-refractivity contribution >= 4 is 16.9 Å². The number of likely N-dealkylation sites (N-methyl/N-ethyl adjacent to an activating group) is 1. The van der Waals surface area contributed by atoms with Gasteiger partial charge in [0.05, 0.1) is 0 Å². The van der Waals surface area contributed by atoms with E-state index in [4.69, 9.17) is 9.25 Å². The average Bonchev–Trinajstić information content (AvgIpc) is 2.88. The van der Waals surface area contributed by atoms with E-state index < -0.39 is 11.2 Å². The predicted octanol–water partition coefficient (Wildman–Crippen LogP) is 1.57. The fourth-order valence-electron chi connectivity index (χ4n) is 3.34. The summed E-state index contributed by atoms with van der Waals surface area (Å²) in [7, 11) is 2.11. The maximum Gasteiger partial charge on any atom is 0.337 e. The average molecular weight is 389 g/mol. The van der Waals surface area contributed by atoms with Gasteiger partial charge in [0.15, 0.2) is 0 Å². The monoisotopic (exact) mass is 389 g/mol. The Morgan fingerprint density at radius 2 is 2.11 bits per heavy atom. The molecular weight excluding hydrogens is 362 g/mol. The number of amidine groups is 1. The molecule has 0 bridgehead atoms. The van der Waals surface area contributed by atoms with Crippen LogP contribution in [0.4, 0.5) is 0 Å². The number of hydrogen-bond donors (Lipinski definition) is 1. The van der Waals surface area contributed by atoms with Gasteiger partial charge in [0, 0.05) is 32.1 Å². The lowest BCUT2D eigenvalue weighted by Gasteiger charge is -2.23. The van der Waals surface area contributed by atoms with E-state index in [2.05, 4.69) is 38.9 Å². The molecule has 0 amide bonds. The standard InChI is InChI=1S/C19H27N5O4/c1-4-7-14(24-9-6-8-23(3)10-11-24)22-28-19-20-17(26)16-13(5-2)12-15(25)27-18(16)21-19/h12H,4-11H2,1-3H3,(H,20,21,26)/b22-14+. The summed E-state index contributed by atoms with van der Waals surface area (Å²) in [6.45, 7) is 7.72. The highest BCUT2D eigenvalue weighted by molar-refractivity contribution is 5.82. The van der Waals surface area contributed by atoms with Gasteiger partial charge in [-0.1, -0.05) is 19.0 Å². The summed E-state index contributed by atoms with van der Waals surface area (Å²) in [5.74, 6) is 0.823. The van der Waals surface area contributed by atoms with E-state index in [0.29, 0.717) is 12.0 Å². The molecule has 9 nitrogen and oxygen atoms in total. The lowest BCUT2D eigenvalue weighted by molar-refractivity contribution is 0.291. The number of nitrogens with zero attached hydrogens (tertiary/aromatic N) is 4. The van der Waals surface area contributed by atoms with Crippen molar-refractivity contribution < 1.29 is 9.25 Å². The van der Waals surface area contributed by atoms with Gasteiger partial charge in [0.25, 0.3) is 5.56 Å². The van der Waals surface area contributed by atoms with Gasteiger partial charge in [-0.05, 0) is 38.4 Å². The molecule has 28 heavy (non-hydrogen) atoms. The Morgan fingerprint density at radius 1 is 1.29 bits per heavy atom. The smallest absolute Gasteiger partial charge is 0.337 e. The van der Waals surface area contributed by atoms with Gasteiger partial charge in [-0.3, -0.25) is 9.78 Å². The van der Waals surface area contributed by atoms with Crippen LogP contribution in [0.3, 0.4) is 0 Å². The van der Waals surface area contributed by atoms with Crippen molar-refractivity contribution in [1.82, 2.24) is 19.8 Å². The van der Waals surface area contributed by atoms with Crippen molar-refractivity contribution in [3.8, 4) is 6.01 Å². The van der Waals surface area contributed by atoms with Crippen LogP contribution in [-0.4, -0.2) is 58.8 Å². The second-order valence-electron chi connectivity index (χ2n) is 6.99. The van der Waals surface area contributed by atoms with Crippen molar-refractivity contribution in [2.45, 2.75) is 39.5 Å². The number of aromatic nitrogens is 2. The predicted molar refractivity (Wildman–Crippen MR) is 107 cm³/mol. The molecule has 0 aromatic carbocycles. The van der Waals surface area contributed by atoms with Crippen LogP contribution in [-0.2, 0) is 6.42 Å². The first-order chi connectivity index (χ1) is 13.5. The van der Waals surface area contributed by atoms with Crippen molar-refractivity contribution in [2.75, 3.05) is 33.2 Å². The molecule has 1 N–H and O–H groups in total. The van der Waals surface area contributed by atoms with Crippen molar-refractivity contribution in [3.63, 3.8) is 0 Å². The lowest BCUT2D eigenvalue weighted by atomic mass is 10.1. The normalized spacial score (nSPS) is 16.4. The maximum atomic E-state index is 12.4. The molecule has 9 heteroatoms. The van der Waals surface area contributed by atoms with Gasteiger partial charge in [-0.25, -0.2) is 4.79 Å². The Balaban J connectivity index is 1.89. The molecule has 0 aliphatic carbocycles. The second-order valence-corrected chi connectivity index (χ2v) is 6.99. The van der Waals surface area contributed by atoms with Crippen LogP contribution in [0.15, 0.2) is 25.2 Å². The Kier molecular flexibility index (Phi) is 6.45.